The average Bonchev–Trinajstić information content (AvgIpc) is 2.56. The van der Waals surface area contributed by atoms with Crippen molar-refractivity contribution in [3.63, 3.8) is 0 Å². The summed E-state index contributed by atoms with van der Waals surface area (Å²) in [5.74, 6) is 0.856. The molecule has 22 heavy (non-hydrogen) atoms. The van der Waals surface area contributed by atoms with E-state index in [0.29, 0.717) is 21.5 Å². The van der Waals surface area contributed by atoms with Gasteiger partial charge in [0.1, 0.15) is 0 Å². The van der Waals surface area contributed by atoms with Gasteiger partial charge in [-0.05, 0) is 40.2 Å². The Kier molecular flexibility index (Phi) is 5.48. The zero-order valence-electron chi connectivity index (χ0n) is 12.0. The number of amides is 1. The van der Waals surface area contributed by atoms with Gasteiger partial charge in [0.25, 0.3) is 5.91 Å². The third kappa shape index (κ3) is 3.62. The highest BCUT2D eigenvalue weighted by Crippen LogP contribution is 2.36. The molecular formula is C15H14BrN3O3. The van der Waals surface area contributed by atoms with E-state index < -0.39 is 0 Å². The molecule has 0 saturated heterocycles. The lowest BCUT2D eigenvalue weighted by molar-refractivity contribution is 0.0955. The van der Waals surface area contributed by atoms with Crippen LogP contribution >= 0.6 is 15.9 Å². The Balaban J connectivity index is 2.12. The second kappa shape index (κ2) is 7.56. The number of methoxy groups -OCH3 is 2. The van der Waals surface area contributed by atoms with E-state index >= 15 is 0 Å². The second-order valence-corrected chi connectivity index (χ2v) is 4.93. The predicted molar refractivity (Wildman–Crippen MR) is 86.5 cm³/mol. The SMILES string of the molecule is COc1ccc(/C=N\NC(=O)c2ccncc2)c(Br)c1OC. The number of rotatable bonds is 5. The summed E-state index contributed by atoms with van der Waals surface area (Å²) in [6.07, 6.45) is 4.61. The van der Waals surface area contributed by atoms with Crippen LogP contribution in [0.4, 0.5) is 0 Å². The molecule has 114 valence electrons. The molecule has 0 spiro atoms. The Morgan fingerprint density at radius 1 is 1.23 bits per heavy atom. The fourth-order valence-corrected chi connectivity index (χ4v) is 2.32. The van der Waals surface area contributed by atoms with Crippen molar-refractivity contribution in [2.45, 2.75) is 0 Å². The van der Waals surface area contributed by atoms with Crippen LogP contribution in [0.15, 0.2) is 46.2 Å². The van der Waals surface area contributed by atoms with Gasteiger partial charge in [-0.15, -0.1) is 0 Å². The van der Waals surface area contributed by atoms with Crippen molar-refractivity contribution in [3.05, 3.63) is 52.3 Å². The lowest BCUT2D eigenvalue weighted by Gasteiger charge is -2.10. The van der Waals surface area contributed by atoms with Gasteiger partial charge in [0.2, 0.25) is 0 Å². The number of ether oxygens (including phenoxy) is 2. The number of pyridine rings is 1. The molecule has 0 unspecified atom stereocenters. The molecule has 2 aromatic rings. The summed E-state index contributed by atoms with van der Waals surface area (Å²) >= 11 is 3.43. The molecule has 1 amide bonds. The maximum absolute atomic E-state index is 11.8. The predicted octanol–water partition coefficient (Wildman–Crippen LogP) is 2.63. The number of hydrogen-bond acceptors (Lipinski definition) is 5. The summed E-state index contributed by atoms with van der Waals surface area (Å²) in [5.41, 5.74) is 3.68. The number of benzene rings is 1. The Bertz CT molecular complexity index is 690. The number of aromatic nitrogens is 1. The maximum atomic E-state index is 11.8. The van der Waals surface area contributed by atoms with Gasteiger partial charge in [-0.1, -0.05) is 0 Å². The zero-order chi connectivity index (χ0) is 15.9. The Morgan fingerprint density at radius 3 is 2.59 bits per heavy atom. The minimum absolute atomic E-state index is 0.310. The Labute approximate surface area is 136 Å². The van der Waals surface area contributed by atoms with E-state index in [-0.39, 0.29) is 5.91 Å². The van der Waals surface area contributed by atoms with Gasteiger partial charge in [-0.3, -0.25) is 9.78 Å². The van der Waals surface area contributed by atoms with Crippen molar-refractivity contribution in [3.8, 4) is 11.5 Å². The van der Waals surface area contributed by atoms with E-state index in [9.17, 15) is 4.79 Å². The lowest BCUT2D eigenvalue weighted by atomic mass is 10.2. The van der Waals surface area contributed by atoms with Crippen LogP contribution in [0.25, 0.3) is 0 Å². The van der Waals surface area contributed by atoms with Gasteiger partial charge < -0.3 is 9.47 Å². The highest BCUT2D eigenvalue weighted by molar-refractivity contribution is 9.10. The third-order valence-corrected chi connectivity index (χ3v) is 3.65. The number of hydrazone groups is 1. The molecule has 6 nitrogen and oxygen atoms in total. The van der Waals surface area contributed by atoms with Crippen LogP contribution in [-0.4, -0.2) is 31.3 Å². The van der Waals surface area contributed by atoms with Crippen molar-refractivity contribution in [1.29, 1.82) is 0 Å². The normalized spacial score (nSPS) is 10.5. The van der Waals surface area contributed by atoms with Gasteiger partial charge in [0.15, 0.2) is 11.5 Å². The first-order valence-electron chi connectivity index (χ1n) is 6.31. The molecule has 1 N–H and O–H groups in total. The van der Waals surface area contributed by atoms with Crippen molar-refractivity contribution in [2.75, 3.05) is 14.2 Å². The highest BCUT2D eigenvalue weighted by atomic mass is 79.9. The van der Waals surface area contributed by atoms with Crippen LogP contribution in [0, 0.1) is 0 Å². The fourth-order valence-electron chi connectivity index (χ4n) is 1.73. The van der Waals surface area contributed by atoms with Gasteiger partial charge in [-0.2, -0.15) is 5.10 Å². The van der Waals surface area contributed by atoms with E-state index in [2.05, 4.69) is 31.4 Å². The summed E-state index contributed by atoms with van der Waals surface area (Å²) in [7, 11) is 3.11. The Hall–Kier alpha value is -2.41. The summed E-state index contributed by atoms with van der Waals surface area (Å²) in [6.45, 7) is 0. The number of carbonyl (C=O) groups is 1. The first-order chi connectivity index (χ1) is 10.7. The summed E-state index contributed by atoms with van der Waals surface area (Å²) in [5, 5.41) is 3.94. The van der Waals surface area contributed by atoms with Gasteiger partial charge >= 0.3 is 0 Å². The minimum atomic E-state index is -0.310. The monoisotopic (exact) mass is 363 g/mol. The molecule has 1 heterocycles. The quantitative estimate of drug-likeness (QED) is 0.654. The topological polar surface area (TPSA) is 72.8 Å². The molecule has 1 aromatic carbocycles. The van der Waals surface area contributed by atoms with E-state index in [1.54, 1.807) is 50.9 Å². The van der Waals surface area contributed by atoms with Crippen LogP contribution in [0.5, 0.6) is 11.5 Å². The van der Waals surface area contributed by atoms with E-state index in [1.807, 2.05) is 0 Å². The van der Waals surface area contributed by atoms with Crippen molar-refractivity contribution < 1.29 is 14.3 Å². The summed E-state index contributed by atoms with van der Waals surface area (Å²) in [6, 6.07) is 6.78. The summed E-state index contributed by atoms with van der Waals surface area (Å²) in [4.78, 5) is 15.7. The first-order valence-corrected chi connectivity index (χ1v) is 7.10. The molecule has 0 fully saturated rings. The average molecular weight is 364 g/mol. The van der Waals surface area contributed by atoms with Gasteiger partial charge in [0.05, 0.1) is 24.9 Å². The van der Waals surface area contributed by atoms with Crippen LogP contribution in [0.1, 0.15) is 15.9 Å². The van der Waals surface area contributed by atoms with E-state index in [0.717, 1.165) is 5.56 Å². The second-order valence-electron chi connectivity index (χ2n) is 4.14. The minimum Gasteiger partial charge on any atom is -0.493 e. The number of hydrogen-bond donors (Lipinski definition) is 1. The van der Waals surface area contributed by atoms with Gasteiger partial charge in [0, 0.05) is 23.5 Å². The van der Waals surface area contributed by atoms with Crippen molar-refractivity contribution in [1.82, 2.24) is 10.4 Å². The van der Waals surface area contributed by atoms with Crippen LogP contribution < -0.4 is 14.9 Å². The number of nitrogens with one attached hydrogen (secondary N) is 1. The fraction of sp³-hybridized carbons (Fsp3) is 0.133. The molecule has 7 heteroatoms. The highest BCUT2D eigenvalue weighted by Gasteiger charge is 2.11. The van der Waals surface area contributed by atoms with Crippen LogP contribution in [0.2, 0.25) is 0 Å². The van der Waals surface area contributed by atoms with Gasteiger partial charge in [-0.25, -0.2) is 5.43 Å². The first kappa shape index (κ1) is 16.0. The number of carbonyl (C=O) groups excluding carboxylic acids is 1. The molecule has 0 aliphatic rings. The Morgan fingerprint density at radius 2 is 1.95 bits per heavy atom. The standard InChI is InChI=1S/C15H14BrN3O3/c1-21-12-4-3-11(13(16)14(12)22-2)9-18-19-15(20)10-5-7-17-8-6-10/h3-9H,1-2H3,(H,19,20)/b18-9-. The summed E-state index contributed by atoms with van der Waals surface area (Å²) < 4.78 is 11.2. The van der Waals surface area contributed by atoms with Crippen molar-refractivity contribution >= 4 is 28.1 Å². The molecule has 0 saturated carbocycles. The lowest BCUT2D eigenvalue weighted by Crippen LogP contribution is -2.17. The maximum Gasteiger partial charge on any atom is 0.271 e. The molecule has 0 radical (unpaired) electrons. The molecular weight excluding hydrogens is 350 g/mol. The molecule has 0 aliphatic carbocycles. The van der Waals surface area contributed by atoms with E-state index in [1.165, 1.54) is 6.21 Å². The smallest absolute Gasteiger partial charge is 0.271 e. The van der Waals surface area contributed by atoms with Crippen molar-refractivity contribution in [2.24, 2.45) is 5.10 Å². The molecule has 0 bridgehead atoms. The third-order valence-electron chi connectivity index (χ3n) is 2.83. The largest absolute Gasteiger partial charge is 0.493 e. The molecule has 0 aliphatic heterocycles. The van der Waals surface area contributed by atoms with E-state index in [4.69, 9.17) is 9.47 Å². The zero-order valence-corrected chi connectivity index (χ0v) is 13.6. The molecule has 1 aromatic heterocycles. The number of halogens is 1. The molecule has 0 atom stereocenters. The van der Waals surface area contributed by atoms with Crippen LogP contribution in [0.3, 0.4) is 0 Å². The van der Waals surface area contributed by atoms with Crippen LogP contribution in [-0.2, 0) is 0 Å². The number of nitrogens with zero attached hydrogens (tertiary/aromatic N) is 2. The molecule has 2 rings (SSSR count).